The number of furan rings is 1. The molecule has 0 N–H and O–H groups in total. The third kappa shape index (κ3) is 4.01. The number of nitrogens with zero attached hydrogens (tertiary/aromatic N) is 1. The van der Waals surface area contributed by atoms with E-state index in [1.54, 1.807) is 0 Å². The third-order valence-electron chi connectivity index (χ3n) is 13.7. The lowest BCUT2D eigenvalue weighted by Gasteiger charge is -2.35. The highest BCUT2D eigenvalue weighted by Crippen LogP contribution is 2.54. The first-order valence-electron chi connectivity index (χ1n) is 20.4. The predicted octanol–water partition coefficient (Wildman–Crippen LogP) is 10.9. The van der Waals surface area contributed by atoms with E-state index in [-0.39, 0.29) is 0 Å². The summed E-state index contributed by atoms with van der Waals surface area (Å²) in [6.07, 6.45) is 0.818. The Balaban J connectivity index is 1.07. The minimum atomic E-state index is -2.62. The molecule has 4 heterocycles. The van der Waals surface area contributed by atoms with Crippen LogP contribution in [0.2, 0.25) is 0 Å². The van der Waals surface area contributed by atoms with Crippen molar-refractivity contribution in [2.75, 3.05) is 0 Å². The van der Waals surface area contributed by atoms with Crippen molar-refractivity contribution in [3.05, 3.63) is 211 Å². The van der Waals surface area contributed by atoms with Gasteiger partial charge in [-0.25, -0.2) is 0 Å². The van der Waals surface area contributed by atoms with Crippen LogP contribution in [0.4, 0.5) is 0 Å². The summed E-state index contributed by atoms with van der Waals surface area (Å²) < 4.78 is 9.68. The second kappa shape index (κ2) is 11.6. The van der Waals surface area contributed by atoms with E-state index in [1.165, 1.54) is 87.4 Å². The summed E-state index contributed by atoms with van der Waals surface area (Å²) in [7, 11) is -2.62. The fourth-order valence-corrected chi connectivity index (χ4v) is 16.9. The first-order valence-corrected chi connectivity index (χ1v) is 22.4. The van der Waals surface area contributed by atoms with E-state index in [4.69, 9.17) is 4.42 Å². The van der Waals surface area contributed by atoms with Crippen LogP contribution in [0.25, 0.3) is 72.2 Å². The smallest absolute Gasteiger partial charge is 0.182 e. The first kappa shape index (κ1) is 32.2. The summed E-state index contributed by atoms with van der Waals surface area (Å²) >= 11 is 0. The van der Waals surface area contributed by atoms with Crippen molar-refractivity contribution in [2.24, 2.45) is 0 Å². The molecule has 13 rings (SSSR count). The van der Waals surface area contributed by atoms with Crippen LogP contribution in [0.3, 0.4) is 0 Å². The van der Waals surface area contributed by atoms with Crippen molar-refractivity contribution in [3.63, 3.8) is 0 Å². The van der Waals surface area contributed by atoms with Gasteiger partial charge in [0.2, 0.25) is 0 Å². The number of hydrogen-bond donors (Lipinski definition) is 0. The van der Waals surface area contributed by atoms with Gasteiger partial charge in [0.15, 0.2) is 8.07 Å². The zero-order valence-corrected chi connectivity index (χ0v) is 33.0. The average Bonchev–Trinajstić information content (AvgIpc) is 4.01. The van der Waals surface area contributed by atoms with Crippen LogP contribution >= 0.6 is 0 Å². The van der Waals surface area contributed by atoms with E-state index < -0.39 is 13.5 Å². The standard InChI is InChI=1S/C55H37NOSi/c1-55(37-29-32-43-42-20-9-14-26-50(42)58(51(43)33-37)48-24-12-7-18-40(48)41-19-8-13-25-49(41)58)34-45-39-17-5-10-22-46(39)56(38-30-27-36(28-31-38)35-15-3-2-4-16-35)53(45)52-44-21-6-11-23-47(44)57-54(52)55/h2-33H,34H2,1H3. The molecule has 1 spiro atoms. The highest BCUT2D eigenvalue weighted by atomic mass is 28.3. The van der Waals surface area contributed by atoms with Gasteiger partial charge in [0.25, 0.3) is 0 Å². The van der Waals surface area contributed by atoms with Crippen molar-refractivity contribution in [2.45, 2.75) is 18.8 Å². The van der Waals surface area contributed by atoms with Gasteiger partial charge < -0.3 is 8.98 Å². The molecule has 2 aliphatic heterocycles. The van der Waals surface area contributed by atoms with E-state index in [9.17, 15) is 0 Å². The molecular weight excluding hydrogens is 719 g/mol. The normalized spacial score (nSPS) is 16.5. The number of fused-ring (bicyclic) bond motifs is 17. The zero-order chi connectivity index (χ0) is 38.2. The fraction of sp³-hybridized carbons (Fsp3) is 0.0545. The Morgan fingerprint density at radius 2 is 1.05 bits per heavy atom. The molecule has 10 aromatic rings. The van der Waals surface area contributed by atoms with Gasteiger partial charge >= 0.3 is 0 Å². The van der Waals surface area contributed by atoms with Gasteiger partial charge in [-0.1, -0.05) is 170 Å². The number of rotatable bonds is 3. The van der Waals surface area contributed by atoms with Gasteiger partial charge in [-0.3, -0.25) is 0 Å². The van der Waals surface area contributed by atoms with Crippen molar-refractivity contribution in [3.8, 4) is 50.3 Å². The Morgan fingerprint density at radius 1 is 0.500 bits per heavy atom. The van der Waals surface area contributed by atoms with E-state index in [0.717, 1.165) is 28.8 Å². The summed E-state index contributed by atoms with van der Waals surface area (Å²) in [6, 6.07) is 72.5. The van der Waals surface area contributed by atoms with E-state index >= 15 is 0 Å². The van der Waals surface area contributed by atoms with E-state index in [1.807, 2.05) is 0 Å². The minimum absolute atomic E-state index is 0.440. The summed E-state index contributed by atoms with van der Waals surface area (Å²) in [6.45, 7) is 2.44. The lowest BCUT2D eigenvalue weighted by Crippen LogP contribution is -2.70. The van der Waals surface area contributed by atoms with E-state index in [2.05, 4.69) is 206 Å². The molecule has 3 aliphatic rings. The largest absolute Gasteiger partial charge is 0.459 e. The Labute approximate surface area is 338 Å². The lowest BCUT2D eigenvalue weighted by atomic mass is 9.69. The molecule has 1 atom stereocenters. The van der Waals surface area contributed by atoms with Gasteiger partial charge in [-0.2, -0.15) is 0 Å². The van der Waals surface area contributed by atoms with E-state index in [0.29, 0.717) is 0 Å². The molecule has 0 saturated carbocycles. The first-order chi connectivity index (χ1) is 28.6. The van der Waals surface area contributed by atoms with Gasteiger partial charge in [0, 0.05) is 22.0 Å². The summed E-state index contributed by atoms with van der Waals surface area (Å²) in [5.41, 5.74) is 15.9. The fourth-order valence-electron chi connectivity index (χ4n) is 11.2. The molecule has 1 aliphatic carbocycles. The lowest BCUT2D eigenvalue weighted by molar-refractivity contribution is 0.422. The number of hydrogen-bond acceptors (Lipinski definition) is 1. The van der Waals surface area contributed by atoms with Crippen LogP contribution in [0, 0.1) is 0 Å². The topological polar surface area (TPSA) is 18.1 Å². The maximum Gasteiger partial charge on any atom is 0.182 e. The summed E-state index contributed by atoms with van der Waals surface area (Å²) in [5.74, 6) is 1.05. The molecule has 272 valence electrons. The van der Waals surface area contributed by atoms with Crippen LogP contribution < -0.4 is 20.7 Å². The van der Waals surface area contributed by atoms with Crippen LogP contribution in [0.1, 0.15) is 23.8 Å². The van der Waals surface area contributed by atoms with Gasteiger partial charge in [0.1, 0.15) is 11.3 Å². The Bertz CT molecular complexity index is 3270. The quantitative estimate of drug-likeness (QED) is 0.164. The molecule has 0 amide bonds. The monoisotopic (exact) mass is 755 g/mol. The maximum atomic E-state index is 7.19. The second-order valence-corrected chi connectivity index (χ2v) is 20.2. The van der Waals surface area contributed by atoms with Crippen molar-refractivity contribution in [1.29, 1.82) is 0 Å². The molecular formula is C55H37NOSi. The Kier molecular flexibility index (Phi) is 6.42. The molecule has 1 unspecified atom stereocenters. The maximum absolute atomic E-state index is 7.19. The molecule has 2 nitrogen and oxygen atoms in total. The zero-order valence-electron chi connectivity index (χ0n) is 32.0. The second-order valence-electron chi connectivity index (χ2n) is 16.6. The average molecular weight is 756 g/mol. The minimum Gasteiger partial charge on any atom is -0.459 e. The Morgan fingerprint density at radius 3 is 1.74 bits per heavy atom. The van der Waals surface area contributed by atoms with Crippen molar-refractivity contribution in [1.82, 2.24) is 4.57 Å². The summed E-state index contributed by atoms with van der Waals surface area (Å²) in [5, 5.41) is 8.45. The van der Waals surface area contributed by atoms with Gasteiger partial charge in [0.05, 0.1) is 16.6 Å². The van der Waals surface area contributed by atoms with Crippen LogP contribution in [0.15, 0.2) is 199 Å². The number of para-hydroxylation sites is 2. The molecule has 0 saturated heterocycles. The number of aromatic nitrogens is 1. The van der Waals surface area contributed by atoms with Crippen LogP contribution in [0.5, 0.6) is 0 Å². The molecule has 3 heteroatoms. The van der Waals surface area contributed by atoms with Crippen molar-refractivity contribution < 1.29 is 4.42 Å². The molecule has 2 aromatic heterocycles. The molecule has 0 fully saturated rings. The van der Waals surface area contributed by atoms with Gasteiger partial charge in [-0.05, 0) is 103 Å². The highest BCUT2D eigenvalue weighted by molar-refractivity contribution is 7.24. The van der Waals surface area contributed by atoms with Gasteiger partial charge in [-0.15, -0.1) is 0 Å². The SMILES string of the molecule is CC1(c2ccc3c(c2)[Si]2(c4ccccc4-c4ccccc42)c2ccccc2-3)Cc2c(n(-c3ccc(-c4ccccc4)cc3)c3ccccc23)-c2c1oc1ccccc21. The molecule has 58 heavy (non-hydrogen) atoms. The predicted molar refractivity (Wildman–Crippen MR) is 242 cm³/mol. The Hall–Kier alpha value is -6.94. The third-order valence-corrected chi connectivity index (χ3v) is 18.7. The summed E-state index contributed by atoms with van der Waals surface area (Å²) in [4.78, 5) is 0. The van der Waals surface area contributed by atoms with Crippen molar-refractivity contribution >= 4 is 50.7 Å². The molecule has 0 bridgehead atoms. The van der Waals surface area contributed by atoms with Crippen LogP contribution in [-0.2, 0) is 11.8 Å². The molecule has 8 aromatic carbocycles. The highest BCUT2D eigenvalue weighted by Gasteiger charge is 2.54. The van der Waals surface area contributed by atoms with Crippen LogP contribution in [-0.4, -0.2) is 12.6 Å². The number of benzene rings is 8. The molecule has 0 radical (unpaired) electrons.